The Bertz CT molecular complexity index is 482. The molecule has 19 heavy (non-hydrogen) atoms. The van der Waals surface area contributed by atoms with Crippen molar-refractivity contribution in [3.8, 4) is 5.75 Å². The van der Waals surface area contributed by atoms with Crippen molar-refractivity contribution in [2.24, 2.45) is 5.92 Å². The van der Waals surface area contributed by atoms with Crippen LogP contribution in [0.5, 0.6) is 5.75 Å². The van der Waals surface area contributed by atoms with E-state index in [9.17, 15) is 0 Å². The largest absolute Gasteiger partial charge is 0.497 e. The van der Waals surface area contributed by atoms with Crippen molar-refractivity contribution in [2.75, 3.05) is 14.2 Å². The molecule has 102 valence electrons. The highest BCUT2D eigenvalue weighted by atomic mass is 16.5. The number of hydrogen-bond donors (Lipinski definition) is 0. The molecule has 0 aliphatic heterocycles. The van der Waals surface area contributed by atoms with Crippen LogP contribution in [0.1, 0.15) is 19.4 Å². The van der Waals surface area contributed by atoms with Gasteiger partial charge in [-0.3, -0.25) is 0 Å². The van der Waals surface area contributed by atoms with Crippen LogP contribution in [0.4, 0.5) is 0 Å². The molecule has 1 aromatic carbocycles. The van der Waals surface area contributed by atoms with E-state index in [1.807, 2.05) is 36.4 Å². The minimum Gasteiger partial charge on any atom is -0.497 e. The molecule has 1 aromatic rings. The first-order chi connectivity index (χ1) is 9.10. The first-order valence-electron chi connectivity index (χ1n) is 6.35. The summed E-state index contributed by atoms with van der Waals surface area (Å²) in [4.78, 5) is 0. The lowest BCUT2D eigenvalue weighted by molar-refractivity contribution is 0.303. The second kappa shape index (κ2) is 7.47. The van der Waals surface area contributed by atoms with Crippen molar-refractivity contribution in [1.29, 1.82) is 0 Å². The van der Waals surface area contributed by atoms with E-state index in [2.05, 4.69) is 26.5 Å². The van der Waals surface area contributed by atoms with E-state index < -0.39 is 0 Å². The quantitative estimate of drug-likeness (QED) is 0.554. The van der Waals surface area contributed by atoms with Crippen LogP contribution < -0.4 is 4.74 Å². The molecular weight excluding hydrogens is 236 g/mol. The maximum Gasteiger partial charge on any atom is 0.119 e. The van der Waals surface area contributed by atoms with E-state index in [-0.39, 0.29) is 0 Å². The van der Waals surface area contributed by atoms with E-state index in [4.69, 9.17) is 9.47 Å². The number of benzene rings is 1. The third kappa shape index (κ3) is 4.66. The van der Waals surface area contributed by atoms with Gasteiger partial charge in [0, 0.05) is 0 Å². The highest BCUT2D eigenvalue weighted by Gasteiger charge is 2.02. The Balaban J connectivity index is 3.14. The fourth-order valence-electron chi connectivity index (χ4n) is 1.72. The molecule has 0 atom stereocenters. The Hall–Kier alpha value is -1.96. The van der Waals surface area contributed by atoms with Gasteiger partial charge in [-0.25, -0.2) is 0 Å². The molecule has 2 nitrogen and oxygen atoms in total. The van der Waals surface area contributed by atoms with Gasteiger partial charge in [-0.1, -0.05) is 38.6 Å². The van der Waals surface area contributed by atoms with E-state index in [1.54, 1.807) is 14.2 Å². The van der Waals surface area contributed by atoms with Gasteiger partial charge in [0.05, 0.1) is 14.2 Å². The number of allylic oxidation sites excluding steroid dienone is 4. The summed E-state index contributed by atoms with van der Waals surface area (Å²) >= 11 is 0. The average Bonchev–Trinajstić information content (AvgIpc) is 2.42. The molecule has 0 bridgehead atoms. The maximum absolute atomic E-state index is 5.38. The molecule has 0 saturated heterocycles. The molecular formula is C17H22O2. The van der Waals surface area contributed by atoms with Crippen LogP contribution in [0.3, 0.4) is 0 Å². The summed E-state index contributed by atoms with van der Waals surface area (Å²) < 4.78 is 10.6. The second-order valence-corrected chi connectivity index (χ2v) is 4.55. The van der Waals surface area contributed by atoms with Gasteiger partial charge < -0.3 is 9.47 Å². The van der Waals surface area contributed by atoms with Crippen LogP contribution in [0, 0.1) is 5.92 Å². The molecule has 0 heterocycles. The number of methoxy groups -OCH3 is 2. The van der Waals surface area contributed by atoms with Gasteiger partial charge in [-0.05, 0) is 41.3 Å². The molecule has 1 rings (SSSR count). The van der Waals surface area contributed by atoms with Gasteiger partial charge in [0.25, 0.3) is 0 Å². The second-order valence-electron chi connectivity index (χ2n) is 4.55. The molecule has 0 radical (unpaired) electrons. The van der Waals surface area contributed by atoms with Gasteiger partial charge >= 0.3 is 0 Å². The number of rotatable bonds is 6. The van der Waals surface area contributed by atoms with Crippen molar-refractivity contribution in [1.82, 2.24) is 0 Å². The lowest BCUT2D eigenvalue weighted by atomic mass is 10.0. The van der Waals surface area contributed by atoms with Crippen LogP contribution in [0.15, 0.2) is 54.8 Å². The van der Waals surface area contributed by atoms with Gasteiger partial charge in [-0.2, -0.15) is 0 Å². The fraction of sp³-hybridized carbons (Fsp3) is 0.294. The van der Waals surface area contributed by atoms with Crippen molar-refractivity contribution in [3.05, 3.63) is 60.4 Å². The Labute approximate surface area is 116 Å². The zero-order valence-electron chi connectivity index (χ0n) is 12.1. The van der Waals surface area contributed by atoms with Crippen molar-refractivity contribution >= 4 is 5.57 Å². The molecule has 0 saturated carbocycles. The van der Waals surface area contributed by atoms with Crippen molar-refractivity contribution < 1.29 is 9.47 Å². The van der Waals surface area contributed by atoms with Gasteiger partial charge in [0.1, 0.15) is 11.5 Å². The van der Waals surface area contributed by atoms with E-state index in [0.29, 0.717) is 5.92 Å². The van der Waals surface area contributed by atoms with Crippen LogP contribution in [0.25, 0.3) is 5.57 Å². The van der Waals surface area contributed by atoms with Crippen LogP contribution in [-0.4, -0.2) is 14.2 Å². The Morgan fingerprint density at radius 2 is 2.00 bits per heavy atom. The van der Waals surface area contributed by atoms with Crippen molar-refractivity contribution in [3.63, 3.8) is 0 Å². The standard InChI is InChI=1S/C17H22O2/c1-6-14(11-17(19-5)10-13(2)3)15-8-7-9-16(12-15)18-4/h6-13H,1H2,2-5H3/b14-11+,17-10-. The highest BCUT2D eigenvalue weighted by Crippen LogP contribution is 2.22. The summed E-state index contributed by atoms with van der Waals surface area (Å²) in [5.41, 5.74) is 2.06. The molecule has 0 aliphatic carbocycles. The summed E-state index contributed by atoms with van der Waals surface area (Å²) in [6.07, 6.45) is 5.88. The maximum atomic E-state index is 5.38. The first-order valence-corrected chi connectivity index (χ1v) is 6.35. The molecule has 2 heteroatoms. The van der Waals surface area contributed by atoms with Crippen LogP contribution in [0.2, 0.25) is 0 Å². The monoisotopic (exact) mass is 258 g/mol. The van der Waals surface area contributed by atoms with E-state index >= 15 is 0 Å². The summed E-state index contributed by atoms with van der Waals surface area (Å²) in [7, 11) is 3.34. The molecule has 0 fully saturated rings. The summed E-state index contributed by atoms with van der Waals surface area (Å²) in [6, 6.07) is 7.89. The Kier molecular flexibility index (Phi) is 5.94. The molecule has 0 spiro atoms. The highest BCUT2D eigenvalue weighted by molar-refractivity contribution is 5.75. The SMILES string of the molecule is C=C/C(=C\C(=C\C(C)C)OC)c1cccc(OC)c1. The van der Waals surface area contributed by atoms with Gasteiger partial charge in [-0.15, -0.1) is 0 Å². The Morgan fingerprint density at radius 1 is 1.26 bits per heavy atom. The van der Waals surface area contributed by atoms with E-state index in [1.165, 1.54) is 0 Å². The van der Waals surface area contributed by atoms with Gasteiger partial charge in [0.2, 0.25) is 0 Å². The third-order valence-electron chi connectivity index (χ3n) is 2.65. The topological polar surface area (TPSA) is 18.5 Å². The van der Waals surface area contributed by atoms with Gasteiger partial charge in [0.15, 0.2) is 0 Å². The normalized spacial score (nSPS) is 12.5. The summed E-state index contributed by atoms with van der Waals surface area (Å²) in [5.74, 6) is 2.10. The van der Waals surface area contributed by atoms with Crippen LogP contribution >= 0.6 is 0 Å². The smallest absolute Gasteiger partial charge is 0.119 e. The molecule has 0 aliphatic rings. The lowest BCUT2D eigenvalue weighted by Gasteiger charge is -2.08. The molecule has 0 aromatic heterocycles. The number of ether oxygens (including phenoxy) is 2. The minimum absolute atomic E-state index is 0.433. The summed E-state index contributed by atoms with van der Waals surface area (Å²) in [5, 5.41) is 0. The lowest BCUT2D eigenvalue weighted by Crippen LogP contribution is -1.90. The van der Waals surface area contributed by atoms with Crippen LogP contribution in [-0.2, 0) is 4.74 Å². The minimum atomic E-state index is 0.433. The molecule has 0 unspecified atom stereocenters. The van der Waals surface area contributed by atoms with E-state index in [0.717, 1.165) is 22.6 Å². The molecule has 0 amide bonds. The van der Waals surface area contributed by atoms with Crippen molar-refractivity contribution in [2.45, 2.75) is 13.8 Å². The molecule has 0 N–H and O–H groups in total. The fourth-order valence-corrected chi connectivity index (χ4v) is 1.72. The third-order valence-corrected chi connectivity index (χ3v) is 2.65. The Morgan fingerprint density at radius 3 is 2.53 bits per heavy atom. The number of hydrogen-bond acceptors (Lipinski definition) is 2. The summed E-state index contributed by atoms with van der Waals surface area (Å²) in [6.45, 7) is 8.10. The zero-order valence-corrected chi connectivity index (χ0v) is 12.1. The first kappa shape index (κ1) is 15.1. The zero-order chi connectivity index (χ0) is 14.3. The predicted molar refractivity (Wildman–Crippen MR) is 81.1 cm³/mol. The predicted octanol–water partition coefficient (Wildman–Crippen LogP) is 4.45. The average molecular weight is 258 g/mol.